The summed E-state index contributed by atoms with van der Waals surface area (Å²) in [6.07, 6.45) is 0. The van der Waals surface area contributed by atoms with Crippen LogP contribution in [0.2, 0.25) is 0 Å². The number of nitrogens with zero attached hydrogens (tertiary/aromatic N) is 3. The lowest BCUT2D eigenvalue weighted by molar-refractivity contribution is -0.130. The molecule has 1 aromatic heterocycles. The number of anilines is 1. The number of likely N-dealkylation sites (N-methyl/N-ethyl adjacent to an activating group) is 1. The number of aromatic nitrogens is 1. The fraction of sp³-hybridized carbons (Fsp3) is 0.500. The van der Waals surface area contributed by atoms with Gasteiger partial charge in [-0.25, -0.2) is 4.98 Å². The molecule has 1 aromatic rings. The highest BCUT2D eigenvalue weighted by Gasteiger charge is 2.18. The Balaban J connectivity index is 2.07. The Kier molecular flexibility index (Phi) is 4.74. The van der Waals surface area contributed by atoms with Gasteiger partial charge < -0.3 is 20.9 Å². The Morgan fingerprint density at radius 2 is 2.05 bits per heavy atom. The number of primary amides is 1. The van der Waals surface area contributed by atoms with E-state index in [1.807, 2.05) is 4.90 Å². The molecule has 2 amide bonds. The van der Waals surface area contributed by atoms with Crippen molar-refractivity contribution in [3.8, 4) is 0 Å². The molecule has 2 heterocycles. The lowest BCUT2D eigenvalue weighted by Gasteiger charge is -2.29. The highest BCUT2D eigenvalue weighted by Crippen LogP contribution is 2.13. The number of carbonyl (C=O) groups excluding carboxylic acids is 2. The Bertz CT molecular complexity index is 540. The maximum Gasteiger partial charge on any atom is 0.248 e. The number of hydrogen-bond donors (Lipinski definition) is 2. The summed E-state index contributed by atoms with van der Waals surface area (Å²) in [5, 5.41) is 3.21. The molecule has 1 aliphatic heterocycles. The van der Waals surface area contributed by atoms with Crippen LogP contribution in [-0.2, 0) is 4.79 Å². The molecule has 0 aliphatic carbocycles. The van der Waals surface area contributed by atoms with Crippen molar-refractivity contribution < 1.29 is 9.59 Å². The number of pyridine rings is 1. The van der Waals surface area contributed by atoms with Crippen LogP contribution < -0.4 is 16.0 Å². The van der Waals surface area contributed by atoms with Gasteiger partial charge in [-0.2, -0.15) is 0 Å². The SMILES string of the molecule is Cc1cc(C(N)=O)cc(N(C)CC(=O)N2CCNCC2)n1. The number of nitrogens with two attached hydrogens (primary N) is 1. The Hall–Kier alpha value is -2.15. The maximum absolute atomic E-state index is 12.2. The summed E-state index contributed by atoms with van der Waals surface area (Å²) < 4.78 is 0. The second-order valence-corrected chi connectivity index (χ2v) is 5.21. The quantitative estimate of drug-likeness (QED) is 0.770. The van der Waals surface area contributed by atoms with Crippen LogP contribution in [0.5, 0.6) is 0 Å². The smallest absolute Gasteiger partial charge is 0.248 e. The molecular formula is C14H21N5O2. The first-order valence-electron chi connectivity index (χ1n) is 6.95. The largest absolute Gasteiger partial charge is 0.366 e. The third-order valence-electron chi connectivity index (χ3n) is 3.46. The van der Waals surface area contributed by atoms with Gasteiger partial charge in [-0.05, 0) is 19.1 Å². The van der Waals surface area contributed by atoms with Gasteiger partial charge in [0.05, 0.1) is 6.54 Å². The van der Waals surface area contributed by atoms with E-state index in [1.54, 1.807) is 31.0 Å². The van der Waals surface area contributed by atoms with Crippen molar-refractivity contribution in [3.05, 3.63) is 23.4 Å². The summed E-state index contributed by atoms with van der Waals surface area (Å²) >= 11 is 0. The van der Waals surface area contributed by atoms with E-state index >= 15 is 0 Å². The fourth-order valence-corrected chi connectivity index (χ4v) is 2.29. The second-order valence-electron chi connectivity index (χ2n) is 5.21. The molecule has 7 nitrogen and oxygen atoms in total. The number of rotatable bonds is 4. The van der Waals surface area contributed by atoms with E-state index in [9.17, 15) is 9.59 Å². The normalized spacial score (nSPS) is 14.9. The van der Waals surface area contributed by atoms with Crippen molar-refractivity contribution in [2.45, 2.75) is 6.92 Å². The molecule has 1 aliphatic rings. The minimum atomic E-state index is -0.497. The predicted molar refractivity (Wildman–Crippen MR) is 80.2 cm³/mol. The number of carbonyl (C=O) groups is 2. The lowest BCUT2D eigenvalue weighted by atomic mass is 10.2. The summed E-state index contributed by atoms with van der Waals surface area (Å²) in [5.41, 5.74) is 6.40. The van der Waals surface area contributed by atoms with Crippen LogP contribution in [0, 0.1) is 6.92 Å². The first-order valence-corrected chi connectivity index (χ1v) is 6.95. The molecule has 21 heavy (non-hydrogen) atoms. The van der Waals surface area contributed by atoms with Gasteiger partial charge in [0.2, 0.25) is 11.8 Å². The molecule has 0 spiro atoms. The summed E-state index contributed by atoms with van der Waals surface area (Å²) in [7, 11) is 1.78. The van der Waals surface area contributed by atoms with Crippen molar-refractivity contribution in [3.63, 3.8) is 0 Å². The molecule has 1 saturated heterocycles. The summed E-state index contributed by atoms with van der Waals surface area (Å²) in [4.78, 5) is 31.4. The monoisotopic (exact) mass is 291 g/mol. The van der Waals surface area contributed by atoms with E-state index in [1.165, 1.54) is 0 Å². The molecular weight excluding hydrogens is 270 g/mol. The Morgan fingerprint density at radius 1 is 1.38 bits per heavy atom. The third-order valence-corrected chi connectivity index (χ3v) is 3.46. The molecule has 1 fully saturated rings. The van der Waals surface area contributed by atoms with E-state index < -0.39 is 5.91 Å². The van der Waals surface area contributed by atoms with Crippen LogP contribution in [0.1, 0.15) is 16.1 Å². The van der Waals surface area contributed by atoms with Gasteiger partial charge in [0.15, 0.2) is 0 Å². The van der Waals surface area contributed by atoms with Gasteiger partial charge in [-0.15, -0.1) is 0 Å². The number of amides is 2. The van der Waals surface area contributed by atoms with Crippen LogP contribution in [-0.4, -0.2) is 61.5 Å². The van der Waals surface area contributed by atoms with E-state index in [0.29, 0.717) is 17.1 Å². The van der Waals surface area contributed by atoms with E-state index in [2.05, 4.69) is 10.3 Å². The zero-order valence-corrected chi connectivity index (χ0v) is 12.4. The van der Waals surface area contributed by atoms with E-state index in [-0.39, 0.29) is 12.5 Å². The molecule has 0 unspecified atom stereocenters. The lowest BCUT2D eigenvalue weighted by Crippen LogP contribution is -2.49. The van der Waals surface area contributed by atoms with Crippen LogP contribution in [0.15, 0.2) is 12.1 Å². The van der Waals surface area contributed by atoms with Gasteiger partial charge in [0.1, 0.15) is 5.82 Å². The molecule has 2 rings (SSSR count). The van der Waals surface area contributed by atoms with Crippen molar-refractivity contribution in [2.24, 2.45) is 5.73 Å². The van der Waals surface area contributed by atoms with Gasteiger partial charge in [-0.3, -0.25) is 9.59 Å². The molecule has 0 radical (unpaired) electrons. The van der Waals surface area contributed by atoms with Crippen molar-refractivity contribution >= 4 is 17.6 Å². The molecule has 0 aromatic carbocycles. The average molecular weight is 291 g/mol. The average Bonchev–Trinajstić information content (AvgIpc) is 2.47. The minimum absolute atomic E-state index is 0.0583. The van der Waals surface area contributed by atoms with E-state index in [4.69, 9.17) is 5.73 Å². The minimum Gasteiger partial charge on any atom is -0.366 e. The maximum atomic E-state index is 12.2. The predicted octanol–water partition coefficient (Wildman–Crippen LogP) is -0.643. The second kappa shape index (κ2) is 6.53. The fourth-order valence-electron chi connectivity index (χ4n) is 2.29. The summed E-state index contributed by atoms with van der Waals surface area (Å²) in [5.74, 6) is 0.138. The number of hydrogen-bond acceptors (Lipinski definition) is 5. The molecule has 0 saturated carbocycles. The van der Waals surface area contributed by atoms with Crippen LogP contribution in [0.3, 0.4) is 0 Å². The zero-order valence-electron chi connectivity index (χ0n) is 12.4. The highest BCUT2D eigenvalue weighted by atomic mass is 16.2. The van der Waals surface area contributed by atoms with Crippen LogP contribution >= 0.6 is 0 Å². The van der Waals surface area contributed by atoms with Gasteiger partial charge in [0.25, 0.3) is 0 Å². The first kappa shape index (κ1) is 15.2. The van der Waals surface area contributed by atoms with Crippen molar-refractivity contribution in [2.75, 3.05) is 44.7 Å². The van der Waals surface area contributed by atoms with E-state index in [0.717, 1.165) is 26.2 Å². The summed E-state index contributed by atoms with van der Waals surface area (Å²) in [6.45, 7) is 5.12. The Morgan fingerprint density at radius 3 is 2.67 bits per heavy atom. The molecule has 114 valence electrons. The zero-order chi connectivity index (χ0) is 15.4. The van der Waals surface area contributed by atoms with Crippen molar-refractivity contribution in [1.82, 2.24) is 15.2 Å². The topological polar surface area (TPSA) is 91.6 Å². The molecule has 0 atom stereocenters. The first-order chi connectivity index (χ1) is 9.97. The van der Waals surface area contributed by atoms with Crippen LogP contribution in [0.25, 0.3) is 0 Å². The third kappa shape index (κ3) is 3.91. The van der Waals surface area contributed by atoms with Gasteiger partial charge in [0, 0.05) is 44.5 Å². The van der Waals surface area contributed by atoms with Crippen LogP contribution in [0.4, 0.5) is 5.82 Å². The summed E-state index contributed by atoms with van der Waals surface area (Å²) in [6, 6.07) is 3.25. The van der Waals surface area contributed by atoms with Gasteiger partial charge >= 0.3 is 0 Å². The molecule has 3 N–H and O–H groups in total. The molecule has 7 heteroatoms. The Labute approximate surface area is 124 Å². The van der Waals surface area contributed by atoms with Gasteiger partial charge in [-0.1, -0.05) is 0 Å². The highest BCUT2D eigenvalue weighted by molar-refractivity contribution is 5.93. The number of piperazine rings is 1. The van der Waals surface area contributed by atoms with Crippen molar-refractivity contribution in [1.29, 1.82) is 0 Å². The number of aryl methyl sites for hydroxylation is 1. The standard InChI is InChI=1S/C14H21N5O2/c1-10-7-11(14(15)21)8-12(17-10)18(2)9-13(20)19-5-3-16-4-6-19/h7-8,16H,3-6,9H2,1-2H3,(H2,15,21). The number of nitrogens with one attached hydrogen (secondary N) is 1. The molecule has 0 bridgehead atoms.